The highest BCUT2D eigenvalue weighted by Gasteiger charge is 2.06. The summed E-state index contributed by atoms with van der Waals surface area (Å²) in [5, 5.41) is 3.46. The Morgan fingerprint density at radius 2 is 1.92 bits per heavy atom. The fourth-order valence-corrected chi connectivity index (χ4v) is 3.36. The number of aryl methyl sites for hydroxylation is 1. The average molecular weight is 336 g/mol. The predicted octanol–water partition coefficient (Wildman–Crippen LogP) is 5.38. The monoisotopic (exact) mass is 336 g/mol. The average Bonchev–Trinajstić information content (AvgIpc) is 2.94. The second-order valence-electron chi connectivity index (χ2n) is 6.13. The van der Waals surface area contributed by atoms with Crippen molar-refractivity contribution in [1.29, 1.82) is 0 Å². The minimum absolute atomic E-state index is 0.168. The Morgan fingerprint density at radius 1 is 1.17 bits per heavy atom. The number of nitrogens with one attached hydrogen (secondary N) is 1. The Morgan fingerprint density at radius 3 is 2.62 bits per heavy atom. The standard InChI is InChI=1S/C20H20N2OS/c1-13(2)16-8-5-15(6-9-16)7-11-19(23)22-20-21-17-10-4-14(3)12-18(17)24-20/h4-13H,1-3H3,(H,21,22,23). The lowest BCUT2D eigenvalue weighted by Crippen LogP contribution is -2.07. The number of nitrogens with zero attached hydrogens (tertiary/aromatic N) is 1. The van der Waals surface area contributed by atoms with Gasteiger partial charge in [-0.15, -0.1) is 0 Å². The smallest absolute Gasteiger partial charge is 0.250 e. The molecule has 3 aromatic rings. The van der Waals surface area contributed by atoms with Crippen LogP contribution in [0, 0.1) is 6.92 Å². The number of aromatic nitrogens is 1. The summed E-state index contributed by atoms with van der Waals surface area (Å²) in [5.74, 6) is 0.340. The molecule has 1 heterocycles. The molecule has 0 aliphatic rings. The molecule has 0 saturated carbocycles. The van der Waals surface area contributed by atoms with Crippen molar-refractivity contribution in [3.8, 4) is 0 Å². The fraction of sp³-hybridized carbons (Fsp3) is 0.200. The summed E-state index contributed by atoms with van der Waals surface area (Å²) in [6.45, 7) is 6.38. The Balaban J connectivity index is 1.67. The first-order valence-electron chi connectivity index (χ1n) is 7.97. The van der Waals surface area contributed by atoms with Crippen molar-refractivity contribution in [3.63, 3.8) is 0 Å². The highest BCUT2D eigenvalue weighted by molar-refractivity contribution is 7.22. The van der Waals surface area contributed by atoms with Crippen molar-refractivity contribution in [2.75, 3.05) is 5.32 Å². The van der Waals surface area contributed by atoms with Crippen molar-refractivity contribution < 1.29 is 4.79 Å². The summed E-state index contributed by atoms with van der Waals surface area (Å²) < 4.78 is 1.08. The van der Waals surface area contributed by atoms with E-state index in [1.165, 1.54) is 22.5 Å². The van der Waals surface area contributed by atoms with E-state index in [4.69, 9.17) is 0 Å². The van der Waals surface area contributed by atoms with E-state index in [0.717, 1.165) is 15.8 Å². The molecule has 4 heteroatoms. The molecule has 0 radical (unpaired) electrons. The second-order valence-corrected chi connectivity index (χ2v) is 7.16. The molecular weight excluding hydrogens is 316 g/mol. The van der Waals surface area contributed by atoms with E-state index < -0.39 is 0 Å². The lowest BCUT2D eigenvalue weighted by molar-refractivity contribution is -0.111. The summed E-state index contributed by atoms with van der Waals surface area (Å²) >= 11 is 1.49. The molecule has 0 saturated heterocycles. The number of rotatable bonds is 4. The Labute approximate surface area is 146 Å². The molecule has 24 heavy (non-hydrogen) atoms. The number of thiazole rings is 1. The number of benzene rings is 2. The third-order valence-electron chi connectivity index (χ3n) is 3.80. The lowest BCUT2D eigenvalue weighted by Gasteiger charge is -2.04. The molecule has 122 valence electrons. The zero-order valence-corrected chi connectivity index (χ0v) is 14.9. The largest absolute Gasteiger partial charge is 0.298 e. The minimum Gasteiger partial charge on any atom is -0.298 e. The van der Waals surface area contributed by atoms with Crippen molar-refractivity contribution in [3.05, 3.63) is 65.2 Å². The van der Waals surface area contributed by atoms with Crippen LogP contribution in [0.1, 0.15) is 36.5 Å². The van der Waals surface area contributed by atoms with Gasteiger partial charge in [0, 0.05) is 6.08 Å². The van der Waals surface area contributed by atoms with Crippen molar-refractivity contribution >= 4 is 38.7 Å². The molecule has 0 atom stereocenters. The van der Waals surface area contributed by atoms with Crippen LogP contribution < -0.4 is 5.32 Å². The lowest BCUT2D eigenvalue weighted by atomic mass is 10.0. The first kappa shape index (κ1) is 16.4. The van der Waals surface area contributed by atoms with Crippen LogP contribution in [0.4, 0.5) is 5.13 Å². The molecule has 0 fully saturated rings. The van der Waals surface area contributed by atoms with Crippen molar-refractivity contribution in [2.45, 2.75) is 26.7 Å². The number of anilines is 1. The molecule has 0 bridgehead atoms. The number of fused-ring (bicyclic) bond motifs is 1. The highest BCUT2D eigenvalue weighted by atomic mass is 32.1. The predicted molar refractivity (Wildman–Crippen MR) is 103 cm³/mol. The maximum Gasteiger partial charge on any atom is 0.250 e. The molecule has 3 nitrogen and oxygen atoms in total. The first-order chi connectivity index (χ1) is 11.5. The third kappa shape index (κ3) is 3.89. The Kier molecular flexibility index (Phi) is 4.76. The Hall–Kier alpha value is -2.46. The van der Waals surface area contributed by atoms with E-state index >= 15 is 0 Å². The van der Waals surface area contributed by atoms with E-state index in [-0.39, 0.29) is 5.91 Å². The molecule has 2 aromatic carbocycles. The van der Waals surface area contributed by atoms with Crippen molar-refractivity contribution in [2.24, 2.45) is 0 Å². The normalized spacial score (nSPS) is 11.5. The molecule has 1 aromatic heterocycles. The summed E-state index contributed by atoms with van der Waals surface area (Å²) in [5.41, 5.74) is 4.40. The van der Waals surface area contributed by atoms with Crippen LogP contribution >= 0.6 is 11.3 Å². The summed E-state index contributed by atoms with van der Waals surface area (Å²) in [6.07, 6.45) is 3.36. The van der Waals surface area contributed by atoms with Crippen LogP contribution in [0.5, 0.6) is 0 Å². The fourth-order valence-electron chi connectivity index (χ4n) is 2.40. The molecule has 1 amide bonds. The maximum absolute atomic E-state index is 12.1. The molecule has 0 aliphatic heterocycles. The first-order valence-corrected chi connectivity index (χ1v) is 8.79. The number of carbonyl (C=O) groups is 1. The van der Waals surface area contributed by atoms with Gasteiger partial charge in [-0.3, -0.25) is 10.1 Å². The molecule has 3 rings (SSSR count). The molecule has 0 aliphatic carbocycles. The van der Waals surface area contributed by atoms with Crippen LogP contribution in [-0.2, 0) is 4.79 Å². The number of amides is 1. The molecule has 1 N–H and O–H groups in total. The Bertz CT molecular complexity index is 892. The third-order valence-corrected chi connectivity index (χ3v) is 4.74. The van der Waals surface area contributed by atoms with Gasteiger partial charge in [-0.2, -0.15) is 0 Å². The van der Waals surface area contributed by atoms with Crippen LogP contribution in [0.3, 0.4) is 0 Å². The van der Waals surface area contributed by atoms with Crippen LogP contribution in [0.25, 0.3) is 16.3 Å². The number of carbonyl (C=O) groups excluding carboxylic acids is 1. The van der Waals surface area contributed by atoms with Crippen LogP contribution in [0.2, 0.25) is 0 Å². The molecule has 0 unspecified atom stereocenters. The van der Waals surface area contributed by atoms with Crippen LogP contribution in [-0.4, -0.2) is 10.9 Å². The summed E-state index contributed by atoms with van der Waals surface area (Å²) in [7, 11) is 0. The van der Waals surface area contributed by atoms with Gasteiger partial charge >= 0.3 is 0 Å². The number of hydrogen-bond acceptors (Lipinski definition) is 3. The zero-order chi connectivity index (χ0) is 17.1. The van der Waals surface area contributed by atoms with E-state index in [1.54, 1.807) is 6.08 Å². The topological polar surface area (TPSA) is 42.0 Å². The molecular formula is C20H20N2OS. The van der Waals surface area contributed by atoms with Gasteiger partial charge in [0.15, 0.2) is 5.13 Å². The van der Waals surface area contributed by atoms with Gasteiger partial charge in [0.1, 0.15) is 0 Å². The van der Waals surface area contributed by atoms with Gasteiger partial charge in [-0.05, 0) is 47.7 Å². The van der Waals surface area contributed by atoms with Crippen LogP contribution in [0.15, 0.2) is 48.5 Å². The van der Waals surface area contributed by atoms with E-state index in [2.05, 4.69) is 42.3 Å². The van der Waals surface area contributed by atoms with E-state index in [9.17, 15) is 4.79 Å². The SMILES string of the molecule is Cc1ccc2nc(NC(=O)C=Cc3ccc(C(C)C)cc3)sc2c1. The van der Waals surface area contributed by atoms with Gasteiger partial charge in [-0.25, -0.2) is 4.98 Å². The quantitative estimate of drug-likeness (QED) is 0.650. The maximum atomic E-state index is 12.1. The van der Waals surface area contributed by atoms with Gasteiger partial charge in [0.05, 0.1) is 10.2 Å². The van der Waals surface area contributed by atoms with Gasteiger partial charge in [-0.1, -0.05) is 55.5 Å². The summed E-state index contributed by atoms with van der Waals surface area (Å²) in [4.78, 5) is 16.5. The van der Waals surface area contributed by atoms with E-state index in [0.29, 0.717) is 11.0 Å². The summed E-state index contributed by atoms with van der Waals surface area (Å²) in [6, 6.07) is 14.3. The second kappa shape index (κ2) is 6.97. The van der Waals surface area contributed by atoms with E-state index in [1.807, 2.05) is 37.3 Å². The zero-order valence-electron chi connectivity index (χ0n) is 14.0. The minimum atomic E-state index is -0.168. The van der Waals surface area contributed by atoms with Gasteiger partial charge < -0.3 is 0 Å². The van der Waals surface area contributed by atoms with Crippen molar-refractivity contribution in [1.82, 2.24) is 4.98 Å². The highest BCUT2D eigenvalue weighted by Crippen LogP contribution is 2.26. The number of hydrogen-bond donors (Lipinski definition) is 1. The van der Waals surface area contributed by atoms with Gasteiger partial charge in [0.2, 0.25) is 5.91 Å². The van der Waals surface area contributed by atoms with Gasteiger partial charge in [0.25, 0.3) is 0 Å². The molecule has 0 spiro atoms.